The van der Waals surface area contributed by atoms with Crippen LogP contribution in [0.1, 0.15) is 34.5 Å². The molecule has 2 aromatic carbocycles. The van der Waals surface area contributed by atoms with Gasteiger partial charge < -0.3 is 4.90 Å². The lowest BCUT2D eigenvalue weighted by Crippen LogP contribution is -2.30. The minimum absolute atomic E-state index is 0.0448. The maximum absolute atomic E-state index is 12.9. The molecule has 1 aromatic heterocycles. The standard InChI is InChI=1S/C19H21N5O3S/c1-13-4-5-16(10-18(13)28(20,26)27)19(25)23(3)14(2)15-6-8-17(9-7-15)24-12-21-11-22-24/h4-12,14H,1-3H3,(H2,20,26,27)/t14-/m0/s1. The van der Waals surface area contributed by atoms with Gasteiger partial charge in [0.15, 0.2) is 0 Å². The summed E-state index contributed by atoms with van der Waals surface area (Å²) in [6, 6.07) is 11.9. The van der Waals surface area contributed by atoms with Crippen LogP contribution in [-0.2, 0) is 10.0 Å². The van der Waals surface area contributed by atoms with Gasteiger partial charge in [-0.3, -0.25) is 4.79 Å². The maximum Gasteiger partial charge on any atom is 0.254 e. The van der Waals surface area contributed by atoms with E-state index in [1.165, 1.54) is 12.4 Å². The first kappa shape index (κ1) is 19.7. The van der Waals surface area contributed by atoms with E-state index in [0.717, 1.165) is 11.3 Å². The lowest BCUT2D eigenvalue weighted by atomic mass is 10.1. The van der Waals surface area contributed by atoms with Crippen LogP contribution < -0.4 is 5.14 Å². The van der Waals surface area contributed by atoms with Gasteiger partial charge in [-0.25, -0.2) is 23.2 Å². The molecule has 0 aliphatic carbocycles. The second-order valence-electron chi connectivity index (χ2n) is 6.55. The quantitative estimate of drug-likeness (QED) is 0.706. The van der Waals surface area contributed by atoms with Gasteiger partial charge in [0.25, 0.3) is 5.91 Å². The highest BCUT2D eigenvalue weighted by Gasteiger charge is 2.21. The molecule has 3 aromatic rings. The summed E-state index contributed by atoms with van der Waals surface area (Å²) in [5.41, 5.74) is 2.55. The van der Waals surface area contributed by atoms with E-state index in [2.05, 4.69) is 10.1 Å². The molecule has 0 aliphatic rings. The molecule has 8 nitrogen and oxygen atoms in total. The van der Waals surface area contributed by atoms with Crippen molar-refractivity contribution in [3.05, 3.63) is 71.8 Å². The van der Waals surface area contributed by atoms with Crippen LogP contribution in [0, 0.1) is 6.92 Å². The normalized spacial score (nSPS) is 12.6. The molecule has 0 saturated carbocycles. The van der Waals surface area contributed by atoms with Crippen molar-refractivity contribution >= 4 is 15.9 Å². The van der Waals surface area contributed by atoms with E-state index < -0.39 is 10.0 Å². The molecular formula is C19H21N5O3S. The molecule has 0 spiro atoms. The van der Waals surface area contributed by atoms with Gasteiger partial charge in [-0.15, -0.1) is 0 Å². The van der Waals surface area contributed by atoms with Crippen molar-refractivity contribution in [3.63, 3.8) is 0 Å². The maximum atomic E-state index is 12.9. The van der Waals surface area contributed by atoms with E-state index in [-0.39, 0.29) is 22.4 Å². The van der Waals surface area contributed by atoms with Gasteiger partial charge in [0.1, 0.15) is 12.7 Å². The Bertz CT molecular complexity index is 1090. The molecule has 1 heterocycles. The Morgan fingerprint density at radius 2 is 1.86 bits per heavy atom. The number of aromatic nitrogens is 3. The molecule has 0 unspecified atom stereocenters. The first-order valence-corrected chi connectivity index (χ1v) is 10.1. The number of carbonyl (C=O) groups is 1. The fourth-order valence-electron chi connectivity index (χ4n) is 2.89. The number of amides is 1. The van der Waals surface area contributed by atoms with Crippen molar-refractivity contribution in [3.8, 4) is 5.69 Å². The lowest BCUT2D eigenvalue weighted by molar-refractivity contribution is 0.0742. The third-order valence-corrected chi connectivity index (χ3v) is 5.75. The zero-order valence-corrected chi connectivity index (χ0v) is 16.6. The van der Waals surface area contributed by atoms with Gasteiger partial charge in [-0.05, 0) is 49.2 Å². The van der Waals surface area contributed by atoms with Crippen LogP contribution in [-0.4, -0.2) is 41.0 Å². The molecule has 1 amide bonds. The largest absolute Gasteiger partial charge is 0.335 e. The number of hydrogen-bond donors (Lipinski definition) is 1. The predicted octanol–water partition coefficient (Wildman–Crippen LogP) is 2.06. The highest BCUT2D eigenvalue weighted by Crippen LogP contribution is 2.23. The fourth-order valence-corrected chi connectivity index (χ4v) is 3.70. The van der Waals surface area contributed by atoms with Crippen molar-refractivity contribution in [1.82, 2.24) is 19.7 Å². The van der Waals surface area contributed by atoms with Crippen LogP contribution in [0.5, 0.6) is 0 Å². The summed E-state index contributed by atoms with van der Waals surface area (Å²) in [7, 11) is -2.22. The molecule has 0 aliphatic heterocycles. The van der Waals surface area contributed by atoms with Crippen LogP contribution in [0.4, 0.5) is 0 Å². The molecule has 146 valence electrons. The van der Waals surface area contributed by atoms with Gasteiger partial charge >= 0.3 is 0 Å². The van der Waals surface area contributed by atoms with Crippen molar-refractivity contribution in [2.45, 2.75) is 24.8 Å². The molecule has 0 fully saturated rings. The number of primary sulfonamides is 1. The van der Waals surface area contributed by atoms with Crippen LogP contribution in [0.25, 0.3) is 5.69 Å². The van der Waals surface area contributed by atoms with Crippen LogP contribution in [0.2, 0.25) is 0 Å². The number of carbonyl (C=O) groups excluding carboxylic acids is 1. The molecule has 3 rings (SSSR count). The summed E-state index contributed by atoms with van der Waals surface area (Å²) < 4.78 is 25.1. The van der Waals surface area contributed by atoms with E-state index in [1.807, 2.05) is 31.2 Å². The highest BCUT2D eigenvalue weighted by molar-refractivity contribution is 7.89. The van der Waals surface area contributed by atoms with Crippen LogP contribution >= 0.6 is 0 Å². The van der Waals surface area contributed by atoms with Crippen LogP contribution in [0.15, 0.2) is 60.0 Å². The van der Waals surface area contributed by atoms with E-state index >= 15 is 0 Å². The molecular weight excluding hydrogens is 378 g/mol. The molecule has 0 saturated heterocycles. The van der Waals surface area contributed by atoms with Gasteiger partial charge in [-0.1, -0.05) is 18.2 Å². The summed E-state index contributed by atoms with van der Waals surface area (Å²) in [5.74, 6) is -0.294. The van der Waals surface area contributed by atoms with E-state index in [1.54, 1.807) is 42.0 Å². The average Bonchev–Trinajstić information content (AvgIpc) is 3.20. The van der Waals surface area contributed by atoms with Crippen molar-refractivity contribution in [2.24, 2.45) is 5.14 Å². The number of benzene rings is 2. The zero-order chi connectivity index (χ0) is 20.5. The predicted molar refractivity (Wildman–Crippen MR) is 104 cm³/mol. The molecule has 1 atom stereocenters. The molecule has 9 heteroatoms. The van der Waals surface area contributed by atoms with Crippen molar-refractivity contribution in [2.75, 3.05) is 7.05 Å². The Kier molecular flexibility index (Phi) is 5.30. The molecule has 0 bridgehead atoms. The topological polar surface area (TPSA) is 111 Å². The number of sulfonamides is 1. The Labute approximate surface area is 163 Å². The smallest absolute Gasteiger partial charge is 0.254 e. The monoisotopic (exact) mass is 399 g/mol. The molecule has 28 heavy (non-hydrogen) atoms. The fraction of sp³-hybridized carbons (Fsp3) is 0.211. The Morgan fingerprint density at radius 3 is 2.43 bits per heavy atom. The molecule has 0 radical (unpaired) electrons. The minimum Gasteiger partial charge on any atom is -0.335 e. The highest BCUT2D eigenvalue weighted by atomic mass is 32.2. The molecule has 2 N–H and O–H groups in total. The summed E-state index contributed by atoms with van der Waals surface area (Å²) in [6.07, 6.45) is 3.06. The van der Waals surface area contributed by atoms with Crippen LogP contribution in [0.3, 0.4) is 0 Å². The Balaban J connectivity index is 1.83. The van der Waals surface area contributed by atoms with E-state index in [0.29, 0.717) is 5.56 Å². The Hall–Kier alpha value is -3.04. The van der Waals surface area contributed by atoms with E-state index in [9.17, 15) is 13.2 Å². The number of rotatable bonds is 5. The number of aryl methyl sites for hydroxylation is 1. The second kappa shape index (κ2) is 7.53. The second-order valence-corrected chi connectivity index (χ2v) is 8.08. The summed E-state index contributed by atoms with van der Waals surface area (Å²) in [4.78, 5) is 18.3. The first-order valence-electron chi connectivity index (χ1n) is 8.54. The Morgan fingerprint density at radius 1 is 1.18 bits per heavy atom. The third kappa shape index (κ3) is 3.95. The third-order valence-electron chi connectivity index (χ3n) is 4.70. The number of nitrogens with two attached hydrogens (primary N) is 1. The van der Waals surface area contributed by atoms with Gasteiger partial charge in [0.05, 0.1) is 16.6 Å². The van der Waals surface area contributed by atoms with Gasteiger partial charge in [-0.2, -0.15) is 5.10 Å². The SMILES string of the molecule is Cc1ccc(C(=O)N(C)[C@@H](C)c2ccc(-n3cncn3)cc2)cc1S(N)(=O)=O. The number of nitrogens with zero attached hydrogens (tertiary/aromatic N) is 4. The van der Waals surface area contributed by atoms with Gasteiger partial charge in [0, 0.05) is 12.6 Å². The van der Waals surface area contributed by atoms with Crippen molar-refractivity contribution < 1.29 is 13.2 Å². The lowest BCUT2D eigenvalue weighted by Gasteiger charge is -2.26. The zero-order valence-electron chi connectivity index (χ0n) is 15.8. The van der Waals surface area contributed by atoms with Gasteiger partial charge in [0.2, 0.25) is 10.0 Å². The van der Waals surface area contributed by atoms with E-state index in [4.69, 9.17) is 5.14 Å². The average molecular weight is 399 g/mol. The summed E-state index contributed by atoms with van der Waals surface area (Å²) in [6.45, 7) is 3.54. The first-order chi connectivity index (χ1) is 13.2. The van der Waals surface area contributed by atoms with Crippen molar-refractivity contribution in [1.29, 1.82) is 0 Å². The minimum atomic E-state index is -3.90. The summed E-state index contributed by atoms with van der Waals surface area (Å²) >= 11 is 0. The summed E-state index contributed by atoms with van der Waals surface area (Å²) in [5, 5.41) is 9.32. The number of hydrogen-bond acceptors (Lipinski definition) is 5.